The zero-order chi connectivity index (χ0) is 23.5. The van der Waals surface area contributed by atoms with Gasteiger partial charge in [0.25, 0.3) is 5.56 Å². The van der Waals surface area contributed by atoms with Crippen molar-refractivity contribution in [1.29, 1.82) is 0 Å². The minimum atomic E-state index is -1.67. The molecule has 2 aromatic heterocycles. The van der Waals surface area contributed by atoms with Crippen molar-refractivity contribution in [3.05, 3.63) is 69.7 Å². The molecule has 0 amide bonds. The Kier molecular flexibility index (Phi) is 4.79. The lowest BCUT2D eigenvalue weighted by molar-refractivity contribution is -0.163. The molecule has 4 heterocycles. The van der Waals surface area contributed by atoms with Crippen LogP contribution in [0.1, 0.15) is 37.0 Å². The number of esters is 1. The van der Waals surface area contributed by atoms with Crippen LogP contribution in [0.25, 0.3) is 22.3 Å². The zero-order valence-corrected chi connectivity index (χ0v) is 18.7. The van der Waals surface area contributed by atoms with Gasteiger partial charge in [-0.25, -0.2) is 4.98 Å². The van der Waals surface area contributed by atoms with Crippen LogP contribution in [-0.4, -0.2) is 33.8 Å². The quantitative estimate of drug-likeness (QED) is 0.481. The second-order valence-electron chi connectivity index (χ2n) is 8.39. The molecule has 2 aliphatic heterocycles. The molecule has 0 spiro atoms. The number of nitrogens with zero attached hydrogens (tertiary/aromatic N) is 2. The van der Waals surface area contributed by atoms with Crippen LogP contribution in [-0.2, 0) is 33.0 Å². The Morgan fingerprint density at radius 3 is 2.85 bits per heavy atom. The highest BCUT2D eigenvalue weighted by atomic mass is 16.6. The molecule has 0 unspecified atom stereocenters. The van der Waals surface area contributed by atoms with Gasteiger partial charge in [-0.15, -0.1) is 0 Å². The van der Waals surface area contributed by atoms with Gasteiger partial charge in [-0.1, -0.05) is 13.5 Å². The van der Waals surface area contributed by atoms with Crippen LogP contribution in [0, 0.1) is 0 Å². The fraction of sp³-hybridized carbons (Fsp3) is 0.320. The molecular weight excluding hydrogens is 424 g/mol. The van der Waals surface area contributed by atoms with E-state index in [-0.39, 0.29) is 24.3 Å². The third kappa shape index (κ3) is 3.13. The molecule has 8 nitrogen and oxygen atoms in total. The highest BCUT2D eigenvalue weighted by molar-refractivity contribution is 5.85. The summed E-state index contributed by atoms with van der Waals surface area (Å²) in [6.07, 6.45) is -0.956. The third-order valence-corrected chi connectivity index (χ3v) is 6.49. The van der Waals surface area contributed by atoms with Gasteiger partial charge in [-0.2, -0.15) is 0 Å². The maximum atomic E-state index is 13.5. The SMILES string of the molecule is C=C1OCc2c(cc3n(c2=O)Cc2cc4cc(OC)ccc4nc2-3)[C@@](O)(CC)[C@H]1OC(C)=O. The van der Waals surface area contributed by atoms with E-state index in [9.17, 15) is 14.7 Å². The first-order valence-electron chi connectivity index (χ1n) is 10.7. The summed E-state index contributed by atoms with van der Waals surface area (Å²) in [4.78, 5) is 30.1. The Morgan fingerprint density at radius 1 is 1.36 bits per heavy atom. The van der Waals surface area contributed by atoms with E-state index in [1.165, 1.54) is 6.92 Å². The van der Waals surface area contributed by atoms with Gasteiger partial charge in [0.2, 0.25) is 0 Å². The number of aliphatic hydroxyl groups is 1. The van der Waals surface area contributed by atoms with Gasteiger partial charge >= 0.3 is 5.97 Å². The summed E-state index contributed by atoms with van der Waals surface area (Å²) in [7, 11) is 1.61. The molecule has 33 heavy (non-hydrogen) atoms. The lowest BCUT2D eigenvalue weighted by atomic mass is 9.83. The maximum absolute atomic E-state index is 13.5. The summed E-state index contributed by atoms with van der Waals surface area (Å²) in [6.45, 7) is 7.14. The van der Waals surface area contributed by atoms with Crippen LogP contribution < -0.4 is 10.3 Å². The van der Waals surface area contributed by atoms with E-state index in [4.69, 9.17) is 19.2 Å². The average Bonchev–Trinajstić information content (AvgIpc) is 3.12. The number of hydrogen-bond acceptors (Lipinski definition) is 7. The van der Waals surface area contributed by atoms with Crippen molar-refractivity contribution in [2.24, 2.45) is 0 Å². The number of hydrogen-bond donors (Lipinski definition) is 1. The van der Waals surface area contributed by atoms with Crippen LogP contribution in [0.15, 0.2) is 47.5 Å². The van der Waals surface area contributed by atoms with E-state index < -0.39 is 17.7 Å². The highest BCUT2D eigenvalue weighted by Gasteiger charge is 2.47. The monoisotopic (exact) mass is 448 g/mol. The summed E-state index contributed by atoms with van der Waals surface area (Å²) in [5.41, 5.74) is 1.70. The minimum Gasteiger partial charge on any atom is -0.497 e. The van der Waals surface area contributed by atoms with E-state index in [2.05, 4.69) is 6.58 Å². The number of aromatic nitrogens is 2. The summed E-state index contributed by atoms with van der Waals surface area (Å²) in [5, 5.41) is 12.6. The van der Waals surface area contributed by atoms with Crippen molar-refractivity contribution in [2.45, 2.75) is 45.1 Å². The van der Waals surface area contributed by atoms with Gasteiger partial charge in [0.05, 0.1) is 36.1 Å². The fourth-order valence-electron chi connectivity index (χ4n) is 4.76. The predicted molar refractivity (Wildman–Crippen MR) is 121 cm³/mol. The fourth-order valence-corrected chi connectivity index (χ4v) is 4.76. The predicted octanol–water partition coefficient (Wildman–Crippen LogP) is 3.01. The van der Waals surface area contributed by atoms with E-state index >= 15 is 0 Å². The number of carbonyl (C=O) groups is 1. The first-order chi connectivity index (χ1) is 15.8. The van der Waals surface area contributed by atoms with Gasteiger partial charge in [0, 0.05) is 23.4 Å². The van der Waals surface area contributed by atoms with E-state index in [1.807, 2.05) is 24.3 Å². The van der Waals surface area contributed by atoms with Crippen LogP contribution in [0.2, 0.25) is 0 Å². The van der Waals surface area contributed by atoms with Crippen molar-refractivity contribution in [1.82, 2.24) is 9.55 Å². The second kappa shape index (κ2) is 7.45. The molecular formula is C25H24N2O6. The number of benzene rings is 1. The molecule has 1 aromatic carbocycles. The number of ether oxygens (including phenoxy) is 3. The van der Waals surface area contributed by atoms with Crippen molar-refractivity contribution >= 4 is 16.9 Å². The molecule has 0 saturated carbocycles. The molecule has 1 N–H and O–H groups in total. The molecule has 8 heteroatoms. The van der Waals surface area contributed by atoms with Crippen LogP contribution in [0.5, 0.6) is 5.75 Å². The molecule has 170 valence electrons. The molecule has 2 atom stereocenters. The Bertz CT molecular complexity index is 1390. The van der Waals surface area contributed by atoms with Gasteiger partial charge in [-0.05, 0) is 36.8 Å². The van der Waals surface area contributed by atoms with E-state index in [1.54, 1.807) is 24.7 Å². The number of pyridine rings is 2. The number of fused-ring (bicyclic) bond motifs is 5. The average molecular weight is 448 g/mol. The van der Waals surface area contributed by atoms with Gasteiger partial charge in [-0.3, -0.25) is 9.59 Å². The second-order valence-corrected chi connectivity index (χ2v) is 8.39. The van der Waals surface area contributed by atoms with Crippen molar-refractivity contribution in [3.63, 3.8) is 0 Å². The molecule has 0 saturated heterocycles. The molecule has 5 rings (SSSR count). The number of carbonyl (C=O) groups excluding carboxylic acids is 1. The molecule has 0 aliphatic carbocycles. The standard InChI is InChI=1S/C25H24N2O6/c1-5-25(30)19-10-21-22-16(8-15-9-17(31-4)6-7-20(15)26-22)11-27(21)24(29)18(19)12-32-13(2)23(25)33-14(3)28/h6-10,23,30H,2,5,11-12H2,1,3-4H3/t23-,25-/m0/s1. The molecule has 0 radical (unpaired) electrons. The minimum absolute atomic E-state index is 0.0731. The van der Waals surface area contributed by atoms with Gasteiger partial charge in [0.1, 0.15) is 23.7 Å². The molecule has 2 aliphatic rings. The first kappa shape index (κ1) is 21.2. The topological polar surface area (TPSA) is 99.9 Å². The van der Waals surface area contributed by atoms with Crippen LogP contribution >= 0.6 is 0 Å². The normalized spacial score (nSPS) is 21.0. The smallest absolute Gasteiger partial charge is 0.303 e. The summed E-state index contributed by atoms with van der Waals surface area (Å²) in [5.74, 6) is 0.256. The maximum Gasteiger partial charge on any atom is 0.303 e. The lowest BCUT2D eigenvalue weighted by Crippen LogP contribution is -2.43. The highest BCUT2D eigenvalue weighted by Crippen LogP contribution is 2.42. The summed E-state index contributed by atoms with van der Waals surface area (Å²) in [6, 6.07) is 9.39. The Labute approximate surface area is 190 Å². The Morgan fingerprint density at radius 2 is 2.15 bits per heavy atom. The van der Waals surface area contributed by atoms with E-state index in [0.29, 0.717) is 29.1 Å². The zero-order valence-electron chi connectivity index (χ0n) is 18.7. The van der Waals surface area contributed by atoms with Gasteiger partial charge in [0.15, 0.2) is 6.10 Å². The molecule has 0 bridgehead atoms. The van der Waals surface area contributed by atoms with Crippen molar-refractivity contribution in [2.75, 3.05) is 7.11 Å². The van der Waals surface area contributed by atoms with Crippen LogP contribution in [0.4, 0.5) is 0 Å². The van der Waals surface area contributed by atoms with Crippen molar-refractivity contribution < 1.29 is 24.1 Å². The van der Waals surface area contributed by atoms with Crippen LogP contribution in [0.3, 0.4) is 0 Å². The third-order valence-electron chi connectivity index (χ3n) is 6.49. The van der Waals surface area contributed by atoms with Gasteiger partial charge < -0.3 is 23.9 Å². The molecule has 0 fully saturated rings. The Hall–Kier alpha value is -3.65. The first-order valence-corrected chi connectivity index (χ1v) is 10.7. The molecule has 3 aromatic rings. The summed E-state index contributed by atoms with van der Waals surface area (Å²) < 4.78 is 18.0. The lowest BCUT2D eigenvalue weighted by Gasteiger charge is -2.34. The summed E-state index contributed by atoms with van der Waals surface area (Å²) >= 11 is 0. The number of rotatable bonds is 3. The largest absolute Gasteiger partial charge is 0.497 e. The van der Waals surface area contributed by atoms with E-state index in [0.717, 1.165) is 22.2 Å². The Balaban J connectivity index is 1.73. The van der Waals surface area contributed by atoms with Crippen molar-refractivity contribution in [3.8, 4) is 17.1 Å². The number of methoxy groups -OCH3 is 1.